The maximum atomic E-state index is 13.6. The highest BCUT2D eigenvalue weighted by molar-refractivity contribution is 7.22. The van der Waals surface area contributed by atoms with Crippen molar-refractivity contribution in [3.05, 3.63) is 83.9 Å². The van der Waals surface area contributed by atoms with Crippen molar-refractivity contribution in [1.82, 2.24) is 4.98 Å². The van der Waals surface area contributed by atoms with Gasteiger partial charge in [0.05, 0.1) is 15.9 Å². The van der Waals surface area contributed by atoms with E-state index in [0.29, 0.717) is 16.4 Å². The molecule has 1 atom stereocenters. The van der Waals surface area contributed by atoms with Crippen molar-refractivity contribution in [3.8, 4) is 5.75 Å². The van der Waals surface area contributed by atoms with Gasteiger partial charge in [-0.2, -0.15) is 0 Å². The lowest BCUT2D eigenvalue weighted by Crippen LogP contribution is -2.37. The summed E-state index contributed by atoms with van der Waals surface area (Å²) < 4.78 is 6.95. The van der Waals surface area contributed by atoms with Gasteiger partial charge in [-0.1, -0.05) is 42.5 Å². The largest absolute Gasteiger partial charge is 0.481 e. The third-order valence-corrected chi connectivity index (χ3v) is 6.21. The zero-order valence-corrected chi connectivity index (χ0v) is 19.1. The van der Waals surface area contributed by atoms with Crippen LogP contribution in [0.2, 0.25) is 0 Å². The lowest BCUT2D eigenvalue weighted by Gasteiger charge is -2.24. The first-order valence-corrected chi connectivity index (χ1v) is 11.3. The zero-order valence-electron chi connectivity index (χ0n) is 18.2. The maximum absolute atomic E-state index is 13.6. The lowest BCUT2D eigenvalue weighted by molar-refractivity contribution is -0.123. The number of rotatable bonds is 7. The molecule has 1 aromatic heterocycles. The Balaban J connectivity index is 1.68. The summed E-state index contributed by atoms with van der Waals surface area (Å²) in [4.78, 5) is 31.5. The van der Waals surface area contributed by atoms with Crippen LogP contribution in [-0.4, -0.2) is 22.8 Å². The van der Waals surface area contributed by atoms with Crippen molar-refractivity contribution >= 4 is 44.1 Å². The van der Waals surface area contributed by atoms with Gasteiger partial charge in [-0.15, -0.1) is 0 Å². The number of amides is 1. The number of carbonyl (C=O) groups is 2. The number of hydrogen-bond donors (Lipinski definition) is 0. The molecule has 0 aliphatic heterocycles. The van der Waals surface area contributed by atoms with Gasteiger partial charge in [0, 0.05) is 5.56 Å². The molecule has 0 N–H and O–H groups in total. The number of carbonyl (C=O) groups excluding carboxylic acids is 2. The number of ether oxygens (including phenoxy) is 1. The second kappa shape index (κ2) is 9.32. The summed E-state index contributed by atoms with van der Waals surface area (Å²) in [6, 6.07) is 22.6. The highest BCUT2D eigenvalue weighted by atomic mass is 32.1. The molecule has 0 aliphatic carbocycles. The number of nitrogens with zero attached hydrogens (tertiary/aromatic N) is 2. The van der Waals surface area contributed by atoms with Gasteiger partial charge < -0.3 is 4.74 Å². The van der Waals surface area contributed by atoms with E-state index in [1.807, 2.05) is 48.5 Å². The number of fused-ring (bicyclic) bond motifs is 1. The van der Waals surface area contributed by atoms with E-state index in [1.54, 1.807) is 36.1 Å². The van der Waals surface area contributed by atoms with E-state index < -0.39 is 6.10 Å². The third kappa shape index (κ3) is 4.55. The van der Waals surface area contributed by atoms with E-state index in [1.165, 1.54) is 18.3 Å². The van der Waals surface area contributed by atoms with E-state index in [-0.39, 0.29) is 11.7 Å². The minimum absolute atomic E-state index is 0.0153. The molecule has 3 aromatic carbocycles. The normalized spacial score (nSPS) is 11.8. The molecule has 5 nitrogen and oxygen atoms in total. The van der Waals surface area contributed by atoms with Gasteiger partial charge in [0.25, 0.3) is 5.91 Å². The molecule has 1 amide bonds. The van der Waals surface area contributed by atoms with Crippen LogP contribution in [0, 0.1) is 0 Å². The average molecular weight is 445 g/mol. The first-order valence-electron chi connectivity index (χ1n) is 10.5. The van der Waals surface area contributed by atoms with Gasteiger partial charge in [0.2, 0.25) is 0 Å². The fraction of sp³-hybridized carbons (Fsp3) is 0.192. The summed E-state index contributed by atoms with van der Waals surface area (Å²) in [5.41, 5.74) is 3.35. The number of aromatic nitrogens is 1. The Bertz CT molecular complexity index is 1230. The van der Waals surface area contributed by atoms with E-state index in [0.717, 1.165) is 27.9 Å². The molecule has 0 unspecified atom stereocenters. The lowest BCUT2D eigenvalue weighted by atomic mass is 10.1. The molecule has 0 saturated heterocycles. The Morgan fingerprint density at radius 2 is 1.78 bits per heavy atom. The van der Waals surface area contributed by atoms with Crippen LogP contribution in [0.3, 0.4) is 0 Å². The SMILES string of the molecule is CCc1cccc(N(C(=O)[C@H](C)Oc2ccc(C(C)=O)cc2)c2nc3ccccc3s2)c1. The number of anilines is 2. The molecule has 32 heavy (non-hydrogen) atoms. The van der Waals surface area contributed by atoms with Crippen molar-refractivity contribution in [3.63, 3.8) is 0 Å². The van der Waals surface area contributed by atoms with Crippen LogP contribution < -0.4 is 9.64 Å². The Labute approximate surface area is 191 Å². The maximum Gasteiger partial charge on any atom is 0.274 e. The van der Waals surface area contributed by atoms with Crippen LogP contribution in [0.15, 0.2) is 72.8 Å². The van der Waals surface area contributed by atoms with Gasteiger partial charge in [0.1, 0.15) is 5.75 Å². The fourth-order valence-corrected chi connectivity index (χ4v) is 4.40. The van der Waals surface area contributed by atoms with Crippen LogP contribution in [0.5, 0.6) is 5.75 Å². The molecule has 0 spiro atoms. The average Bonchev–Trinajstić information content (AvgIpc) is 3.23. The molecular weight excluding hydrogens is 420 g/mol. The second-order valence-corrected chi connectivity index (χ2v) is 8.51. The molecule has 6 heteroatoms. The molecule has 4 aromatic rings. The van der Waals surface area contributed by atoms with Crippen LogP contribution in [0.25, 0.3) is 10.2 Å². The Morgan fingerprint density at radius 3 is 2.47 bits per heavy atom. The summed E-state index contributed by atoms with van der Waals surface area (Å²) in [5.74, 6) is 0.300. The van der Waals surface area contributed by atoms with Gasteiger partial charge >= 0.3 is 0 Å². The standard InChI is InChI=1S/C26H24N2O3S/c1-4-19-8-7-9-21(16-19)28(26-27-23-10-5-6-11-24(23)32-26)25(30)18(3)31-22-14-12-20(13-15-22)17(2)29/h5-16,18H,4H2,1-3H3/t18-/m0/s1. The molecular formula is C26H24N2O3S. The fourth-order valence-electron chi connectivity index (χ4n) is 3.41. The number of ketones is 1. The minimum atomic E-state index is -0.754. The first kappa shape index (κ1) is 21.7. The van der Waals surface area contributed by atoms with Gasteiger partial charge in [-0.25, -0.2) is 4.98 Å². The molecule has 0 aliphatic rings. The number of benzene rings is 3. The Morgan fingerprint density at radius 1 is 1.03 bits per heavy atom. The molecule has 4 rings (SSSR count). The van der Waals surface area contributed by atoms with Crippen LogP contribution in [0.4, 0.5) is 10.8 Å². The summed E-state index contributed by atoms with van der Waals surface area (Å²) in [6.45, 7) is 5.33. The van der Waals surface area contributed by atoms with Crippen molar-refractivity contribution in [2.45, 2.75) is 33.3 Å². The number of aryl methyl sites for hydroxylation is 1. The Hall–Kier alpha value is -3.51. The summed E-state index contributed by atoms with van der Waals surface area (Å²) >= 11 is 1.47. The Kier molecular flexibility index (Phi) is 6.32. The van der Waals surface area contributed by atoms with E-state index in [2.05, 4.69) is 6.92 Å². The van der Waals surface area contributed by atoms with Gasteiger partial charge in [-0.05, 0) is 74.4 Å². The second-order valence-electron chi connectivity index (χ2n) is 7.50. The number of hydrogen-bond acceptors (Lipinski definition) is 5. The highest BCUT2D eigenvalue weighted by Crippen LogP contribution is 2.34. The number of para-hydroxylation sites is 1. The van der Waals surface area contributed by atoms with Crippen molar-refractivity contribution < 1.29 is 14.3 Å². The summed E-state index contributed by atoms with van der Waals surface area (Å²) in [7, 11) is 0. The zero-order chi connectivity index (χ0) is 22.7. The van der Waals surface area contributed by atoms with E-state index in [4.69, 9.17) is 9.72 Å². The van der Waals surface area contributed by atoms with Crippen molar-refractivity contribution in [1.29, 1.82) is 0 Å². The van der Waals surface area contributed by atoms with Crippen LogP contribution in [-0.2, 0) is 11.2 Å². The number of Topliss-reactive ketones (excluding diaryl/α,β-unsaturated/α-hetero) is 1. The summed E-state index contributed by atoms with van der Waals surface area (Å²) in [5, 5.41) is 0.604. The third-order valence-electron chi connectivity index (χ3n) is 5.19. The monoisotopic (exact) mass is 444 g/mol. The molecule has 162 valence electrons. The van der Waals surface area contributed by atoms with Crippen molar-refractivity contribution in [2.24, 2.45) is 0 Å². The molecule has 1 heterocycles. The van der Waals surface area contributed by atoms with Crippen LogP contribution >= 0.6 is 11.3 Å². The predicted molar refractivity (Wildman–Crippen MR) is 129 cm³/mol. The first-order chi connectivity index (χ1) is 15.5. The smallest absolute Gasteiger partial charge is 0.274 e. The van der Waals surface area contributed by atoms with Gasteiger partial charge in [-0.3, -0.25) is 14.5 Å². The van der Waals surface area contributed by atoms with Crippen molar-refractivity contribution in [2.75, 3.05) is 4.90 Å². The topological polar surface area (TPSA) is 59.5 Å². The molecule has 0 fully saturated rings. The molecule has 0 bridgehead atoms. The minimum Gasteiger partial charge on any atom is -0.481 e. The molecule has 0 saturated carbocycles. The van der Waals surface area contributed by atoms with Gasteiger partial charge in [0.15, 0.2) is 17.0 Å². The van der Waals surface area contributed by atoms with E-state index in [9.17, 15) is 9.59 Å². The van der Waals surface area contributed by atoms with E-state index >= 15 is 0 Å². The quantitative estimate of drug-likeness (QED) is 0.319. The molecule has 0 radical (unpaired) electrons. The summed E-state index contributed by atoms with van der Waals surface area (Å²) in [6.07, 6.45) is 0.111. The highest BCUT2D eigenvalue weighted by Gasteiger charge is 2.28. The van der Waals surface area contributed by atoms with Crippen LogP contribution in [0.1, 0.15) is 36.7 Å². The predicted octanol–water partition coefficient (Wildman–Crippen LogP) is 6.19. The number of thiazole rings is 1.